The molecule has 0 bridgehead atoms. The Kier molecular flexibility index (Phi) is 3.92. The predicted octanol–water partition coefficient (Wildman–Crippen LogP) is 3.76. The molecule has 1 aliphatic rings. The van der Waals surface area contributed by atoms with Crippen molar-refractivity contribution in [2.24, 2.45) is 5.92 Å². The van der Waals surface area contributed by atoms with Crippen molar-refractivity contribution in [3.63, 3.8) is 0 Å². The molecule has 2 heterocycles. The van der Waals surface area contributed by atoms with E-state index in [1.54, 1.807) is 0 Å². The van der Waals surface area contributed by atoms with E-state index < -0.39 is 11.7 Å². The first-order valence-electron chi connectivity index (χ1n) is 7.01. The number of aromatic nitrogens is 1. The van der Waals surface area contributed by atoms with Gasteiger partial charge in [-0.05, 0) is 30.2 Å². The first kappa shape index (κ1) is 14.7. The SMILES string of the molecule is FC(F)(F)c1cccnc1NCC1COc2ccccc2C1. The molecule has 0 aliphatic carbocycles. The first-order valence-corrected chi connectivity index (χ1v) is 7.01. The number of fused-ring (bicyclic) bond motifs is 1. The summed E-state index contributed by atoms with van der Waals surface area (Å²) in [5, 5.41) is 2.81. The Morgan fingerprint density at radius 3 is 2.82 bits per heavy atom. The van der Waals surface area contributed by atoms with Gasteiger partial charge in [0.1, 0.15) is 11.6 Å². The van der Waals surface area contributed by atoms with E-state index >= 15 is 0 Å². The van der Waals surface area contributed by atoms with Crippen LogP contribution < -0.4 is 10.1 Å². The molecule has 6 heteroatoms. The summed E-state index contributed by atoms with van der Waals surface area (Å²) in [4.78, 5) is 3.80. The number of ether oxygens (including phenoxy) is 1. The Hall–Kier alpha value is -2.24. The van der Waals surface area contributed by atoms with E-state index in [0.29, 0.717) is 13.2 Å². The van der Waals surface area contributed by atoms with Crippen LogP contribution in [0.1, 0.15) is 11.1 Å². The molecule has 3 nitrogen and oxygen atoms in total. The van der Waals surface area contributed by atoms with Crippen molar-refractivity contribution in [2.75, 3.05) is 18.5 Å². The highest BCUT2D eigenvalue weighted by Crippen LogP contribution is 2.34. The molecule has 3 rings (SSSR count). The van der Waals surface area contributed by atoms with Gasteiger partial charge >= 0.3 is 6.18 Å². The topological polar surface area (TPSA) is 34.2 Å². The van der Waals surface area contributed by atoms with Gasteiger partial charge in [-0.15, -0.1) is 0 Å². The summed E-state index contributed by atoms with van der Waals surface area (Å²) in [7, 11) is 0. The van der Waals surface area contributed by atoms with Gasteiger partial charge in [0, 0.05) is 18.7 Å². The van der Waals surface area contributed by atoms with Crippen molar-refractivity contribution in [1.82, 2.24) is 4.98 Å². The molecule has 1 aliphatic heterocycles. The molecule has 1 aromatic carbocycles. The summed E-state index contributed by atoms with van der Waals surface area (Å²) in [6, 6.07) is 10.0. The molecule has 0 saturated heterocycles. The number of hydrogen-bond acceptors (Lipinski definition) is 3. The molecule has 22 heavy (non-hydrogen) atoms. The van der Waals surface area contributed by atoms with Gasteiger partial charge in [0.25, 0.3) is 0 Å². The minimum atomic E-state index is -4.41. The third-order valence-corrected chi connectivity index (χ3v) is 3.63. The normalized spacial score (nSPS) is 17.5. The number of para-hydroxylation sites is 1. The zero-order valence-electron chi connectivity index (χ0n) is 11.7. The summed E-state index contributed by atoms with van der Waals surface area (Å²) < 4.78 is 44.4. The first-order chi connectivity index (χ1) is 10.5. The smallest absolute Gasteiger partial charge is 0.419 e. The molecule has 1 unspecified atom stereocenters. The molecule has 1 atom stereocenters. The highest BCUT2D eigenvalue weighted by atomic mass is 19.4. The predicted molar refractivity (Wildman–Crippen MR) is 76.9 cm³/mol. The van der Waals surface area contributed by atoms with Gasteiger partial charge in [0.15, 0.2) is 0 Å². The van der Waals surface area contributed by atoms with Crippen molar-refractivity contribution >= 4 is 5.82 Å². The van der Waals surface area contributed by atoms with E-state index in [1.165, 1.54) is 12.3 Å². The lowest BCUT2D eigenvalue weighted by molar-refractivity contribution is -0.137. The molecule has 0 fully saturated rings. The lowest BCUT2D eigenvalue weighted by Crippen LogP contribution is -2.28. The Labute approximate surface area is 126 Å². The van der Waals surface area contributed by atoms with Gasteiger partial charge in [0.05, 0.1) is 12.2 Å². The van der Waals surface area contributed by atoms with E-state index in [2.05, 4.69) is 10.3 Å². The molecule has 0 amide bonds. The van der Waals surface area contributed by atoms with Gasteiger partial charge in [-0.1, -0.05) is 18.2 Å². The number of anilines is 1. The fourth-order valence-electron chi connectivity index (χ4n) is 2.54. The monoisotopic (exact) mass is 308 g/mol. The molecular weight excluding hydrogens is 293 g/mol. The standard InChI is InChI=1S/C16H15F3N2O/c17-16(18,19)13-5-3-7-20-15(13)21-9-11-8-12-4-1-2-6-14(12)22-10-11/h1-7,11H,8-10H2,(H,20,21). The summed E-state index contributed by atoms with van der Waals surface area (Å²) in [5.41, 5.74) is 0.338. The number of halogens is 3. The molecule has 0 spiro atoms. The van der Waals surface area contributed by atoms with Crippen molar-refractivity contribution in [2.45, 2.75) is 12.6 Å². The average molecular weight is 308 g/mol. The molecule has 1 N–H and O–H groups in total. The Morgan fingerprint density at radius 2 is 2.00 bits per heavy atom. The zero-order chi connectivity index (χ0) is 15.6. The maximum atomic E-state index is 12.9. The second-order valence-electron chi connectivity index (χ2n) is 5.27. The minimum Gasteiger partial charge on any atom is -0.493 e. The van der Waals surface area contributed by atoms with Crippen LogP contribution in [-0.2, 0) is 12.6 Å². The van der Waals surface area contributed by atoms with Crippen molar-refractivity contribution in [1.29, 1.82) is 0 Å². The van der Waals surface area contributed by atoms with Crippen molar-refractivity contribution < 1.29 is 17.9 Å². The van der Waals surface area contributed by atoms with Gasteiger partial charge in [-0.25, -0.2) is 4.98 Å². The van der Waals surface area contributed by atoms with Crippen molar-refractivity contribution in [3.05, 3.63) is 53.7 Å². The van der Waals surface area contributed by atoms with E-state index in [0.717, 1.165) is 23.8 Å². The Morgan fingerprint density at radius 1 is 1.18 bits per heavy atom. The lowest BCUT2D eigenvalue weighted by atomic mass is 9.97. The largest absolute Gasteiger partial charge is 0.493 e. The van der Waals surface area contributed by atoms with Crippen LogP contribution in [0, 0.1) is 5.92 Å². The molecule has 0 radical (unpaired) electrons. The number of nitrogens with one attached hydrogen (secondary N) is 1. The van der Waals surface area contributed by atoms with Crippen LogP contribution in [-0.4, -0.2) is 18.1 Å². The number of benzene rings is 1. The summed E-state index contributed by atoms with van der Waals surface area (Å²) >= 11 is 0. The van der Waals surface area contributed by atoms with Gasteiger partial charge in [-0.3, -0.25) is 0 Å². The fourth-order valence-corrected chi connectivity index (χ4v) is 2.54. The third kappa shape index (κ3) is 3.16. The number of alkyl halides is 3. The molecule has 2 aromatic rings. The minimum absolute atomic E-state index is 0.109. The van der Waals surface area contributed by atoms with Gasteiger partial charge in [-0.2, -0.15) is 13.2 Å². The number of nitrogens with zero attached hydrogens (tertiary/aromatic N) is 1. The zero-order valence-corrected chi connectivity index (χ0v) is 11.7. The third-order valence-electron chi connectivity index (χ3n) is 3.63. The average Bonchev–Trinajstić information content (AvgIpc) is 2.52. The summed E-state index contributed by atoms with van der Waals surface area (Å²) in [6.07, 6.45) is -2.28. The van der Waals surface area contributed by atoms with E-state index in [1.807, 2.05) is 24.3 Å². The van der Waals surface area contributed by atoms with E-state index in [9.17, 15) is 13.2 Å². The van der Waals surface area contributed by atoms with E-state index in [-0.39, 0.29) is 11.7 Å². The van der Waals surface area contributed by atoms with Crippen LogP contribution in [0.25, 0.3) is 0 Å². The Bertz CT molecular complexity index is 658. The van der Waals surface area contributed by atoms with Crippen LogP contribution in [0.2, 0.25) is 0 Å². The second kappa shape index (κ2) is 5.87. The molecular formula is C16H15F3N2O. The fraction of sp³-hybridized carbons (Fsp3) is 0.312. The van der Waals surface area contributed by atoms with Crippen LogP contribution in [0.5, 0.6) is 5.75 Å². The van der Waals surface area contributed by atoms with Gasteiger partial charge in [0.2, 0.25) is 0 Å². The number of rotatable bonds is 3. The Balaban J connectivity index is 1.67. The van der Waals surface area contributed by atoms with Crippen LogP contribution in [0.4, 0.5) is 19.0 Å². The number of hydrogen-bond donors (Lipinski definition) is 1. The van der Waals surface area contributed by atoms with Crippen molar-refractivity contribution in [3.8, 4) is 5.75 Å². The molecule has 1 aromatic heterocycles. The van der Waals surface area contributed by atoms with Crippen LogP contribution in [0.3, 0.4) is 0 Å². The quantitative estimate of drug-likeness (QED) is 0.937. The lowest BCUT2D eigenvalue weighted by Gasteiger charge is -2.26. The highest BCUT2D eigenvalue weighted by molar-refractivity contribution is 5.45. The number of pyridine rings is 1. The molecule has 0 saturated carbocycles. The van der Waals surface area contributed by atoms with Crippen LogP contribution in [0.15, 0.2) is 42.6 Å². The molecule has 116 valence electrons. The van der Waals surface area contributed by atoms with Gasteiger partial charge < -0.3 is 10.1 Å². The summed E-state index contributed by atoms with van der Waals surface area (Å²) in [5.74, 6) is 0.833. The highest BCUT2D eigenvalue weighted by Gasteiger charge is 2.34. The maximum absolute atomic E-state index is 12.9. The van der Waals surface area contributed by atoms with E-state index in [4.69, 9.17) is 4.74 Å². The van der Waals surface area contributed by atoms with Crippen LogP contribution >= 0.6 is 0 Å². The second-order valence-corrected chi connectivity index (χ2v) is 5.27. The maximum Gasteiger partial charge on any atom is 0.419 e. The summed E-state index contributed by atoms with van der Waals surface area (Å²) in [6.45, 7) is 0.868.